The Labute approximate surface area is 172 Å². The Hall–Kier alpha value is -3.02. The summed E-state index contributed by atoms with van der Waals surface area (Å²) in [6, 6.07) is 14.6. The van der Waals surface area contributed by atoms with Crippen molar-refractivity contribution in [3.05, 3.63) is 54.1 Å². The predicted molar refractivity (Wildman–Crippen MR) is 116 cm³/mol. The number of likely N-dealkylation sites (tertiary alicyclic amines) is 1. The minimum absolute atomic E-state index is 0.0763. The maximum absolute atomic E-state index is 12.5. The van der Waals surface area contributed by atoms with Crippen molar-refractivity contribution in [1.82, 2.24) is 4.90 Å². The SMILES string of the molecule is CC(C)Oc1cccc(NC(=O)CNc2ccc(C(=O)N3CCCCC3)cc2)c1. The van der Waals surface area contributed by atoms with E-state index in [-0.39, 0.29) is 24.5 Å². The van der Waals surface area contributed by atoms with Crippen LogP contribution in [0.15, 0.2) is 48.5 Å². The van der Waals surface area contributed by atoms with Crippen molar-refractivity contribution in [3.8, 4) is 5.75 Å². The van der Waals surface area contributed by atoms with Crippen LogP contribution < -0.4 is 15.4 Å². The molecule has 1 fully saturated rings. The Morgan fingerprint density at radius 3 is 2.41 bits per heavy atom. The summed E-state index contributed by atoms with van der Waals surface area (Å²) in [5.74, 6) is 0.650. The van der Waals surface area contributed by atoms with Crippen LogP contribution in [0.4, 0.5) is 11.4 Å². The highest BCUT2D eigenvalue weighted by molar-refractivity contribution is 5.95. The van der Waals surface area contributed by atoms with E-state index < -0.39 is 0 Å². The van der Waals surface area contributed by atoms with Crippen molar-refractivity contribution in [1.29, 1.82) is 0 Å². The van der Waals surface area contributed by atoms with Crippen LogP contribution in [0.3, 0.4) is 0 Å². The summed E-state index contributed by atoms with van der Waals surface area (Å²) in [7, 11) is 0. The molecule has 0 aliphatic carbocycles. The van der Waals surface area contributed by atoms with Gasteiger partial charge in [0.1, 0.15) is 5.75 Å². The summed E-state index contributed by atoms with van der Waals surface area (Å²) in [4.78, 5) is 26.6. The van der Waals surface area contributed by atoms with Gasteiger partial charge in [0.15, 0.2) is 0 Å². The Kier molecular flexibility index (Phi) is 7.11. The van der Waals surface area contributed by atoms with Crippen LogP contribution in [-0.2, 0) is 4.79 Å². The molecular weight excluding hydrogens is 366 g/mol. The van der Waals surface area contributed by atoms with Gasteiger partial charge in [-0.2, -0.15) is 0 Å². The standard InChI is InChI=1S/C23H29N3O3/c1-17(2)29-21-8-6-7-20(15-21)25-22(27)16-24-19-11-9-18(10-12-19)23(28)26-13-4-3-5-14-26/h6-12,15,17,24H,3-5,13-14,16H2,1-2H3,(H,25,27). The second kappa shape index (κ2) is 9.96. The minimum Gasteiger partial charge on any atom is -0.491 e. The summed E-state index contributed by atoms with van der Waals surface area (Å²) in [6.45, 7) is 5.72. The molecule has 6 nitrogen and oxygen atoms in total. The number of carbonyl (C=O) groups excluding carboxylic acids is 2. The monoisotopic (exact) mass is 395 g/mol. The van der Waals surface area contributed by atoms with Gasteiger partial charge in [-0.1, -0.05) is 6.07 Å². The van der Waals surface area contributed by atoms with Gasteiger partial charge >= 0.3 is 0 Å². The average Bonchev–Trinajstić information content (AvgIpc) is 2.72. The van der Waals surface area contributed by atoms with Crippen LogP contribution in [0.2, 0.25) is 0 Å². The first kappa shape index (κ1) is 20.7. The topological polar surface area (TPSA) is 70.7 Å². The van der Waals surface area contributed by atoms with Crippen LogP contribution in [0, 0.1) is 0 Å². The van der Waals surface area contributed by atoms with Crippen LogP contribution in [0.25, 0.3) is 0 Å². The molecule has 1 aliphatic heterocycles. The number of piperidine rings is 1. The lowest BCUT2D eigenvalue weighted by Gasteiger charge is -2.26. The van der Waals surface area contributed by atoms with Gasteiger partial charge in [-0.15, -0.1) is 0 Å². The van der Waals surface area contributed by atoms with E-state index in [4.69, 9.17) is 4.74 Å². The lowest BCUT2D eigenvalue weighted by Crippen LogP contribution is -2.35. The zero-order chi connectivity index (χ0) is 20.6. The first-order valence-corrected chi connectivity index (χ1v) is 10.2. The molecule has 1 aliphatic rings. The predicted octanol–water partition coefficient (Wildman–Crippen LogP) is 4.15. The van der Waals surface area contributed by atoms with E-state index in [1.807, 2.05) is 61.2 Å². The molecule has 0 atom stereocenters. The fourth-order valence-electron chi connectivity index (χ4n) is 3.32. The number of anilines is 2. The number of rotatable bonds is 7. The van der Waals surface area contributed by atoms with Gasteiger partial charge in [-0.25, -0.2) is 0 Å². The third-order valence-corrected chi connectivity index (χ3v) is 4.72. The van der Waals surface area contributed by atoms with Crippen LogP contribution >= 0.6 is 0 Å². The first-order valence-electron chi connectivity index (χ1n) is 10.2. The number of ether oxygens (including phenoxy) is 1. The van der Waals surface area contributed by atoms with Crippen LogP contribution in [-0.4, -0.2) is 42.5 Å². The molecule has 154 valence electrons. The third kappa shape index (κ3) is 6.24. The van der Waals surface area contributed by atoms with Crippen LogP contribution in [0.5, 0.6) is 5.75 Å². The van der Waals surface area contributed by atoms with E-state index in [1.54, 1.807) is 6.07 Å². The van der Waals surface area contributed by atoms with E-state index >= 15 is 0 Å². The molecular formula is C23H29N3O3. The molecule has 29 heavy (non-hydrogen) atoms. The molecule has 1 heterocycles. The molecule has 2 aromatic carbocycles. The van der Waals surface area contributed by atoms with Gasteiger partial charge in [-0.05, 0) is 69.5 Å². The number of nitrogens with one attached hydrogen (secondary N) is 2. The molecule has 1 saturated heterocycles. The first-order chi connectivity index (χ1) is 14.0. The largest absolute Gasteiger partial charge is 0.491 e. The van der Waals surface area contributed by atoms with Gasteiger partial charge in [0.25, 0.3) is 5.91 Å². The van der Waals surface area contributed by atoms with E-state index in [9.17, 15) is 9.59 Å². The summed E-state index contributed by atoms with van der Waals surface area (Å²) in [5, 5.41) is 5.95. The normalized spacial score (nSPS) is 13.8. The van der Waals surface area contributed by atoms with Crippen molar-refractivity contribution < 1.29 is 14.3 Å². The van der Waals surface area contributed by atoms with E-state index in [2.05, 4.69) is 10.6 Å². The fraction of sp³-hybridized carbons (Fsp3) is 0.391. The fourth-order valence-corrected chi connectivity index (χ4v) is 3.32. The molecule has 0 saturated carbocycles. The van der Waals surface area contributed by atoms with Crippen molar-refractivity contribution in [2.45, 2.75) is 39.2 Å². The van der Waals surface area contributed by atoms with Gasteiger partial charge in [0.05, 0.1) is 12.6 Å². The van der Waals surface area contributed by atoms with Crippen molar-refractivity contribution >= 4 is 23.2 Å². The molecule has 0 bridgehead atoms. The molecule has 6 heteroatoms. The summed E-state index contributed by atoms with van der Waals surface area (Å²) in [5.41, 5.74) is 2.17. The summed E-state index contributed by atoms with van der Waals surface area (Å²) in [6.07, 6.45) is 3.43. The molecule has 0 spiro atoms. The van der Waals surface area contributed by atoms with E-state index in [0.29, 0.717) is 11.3 Å². The van der Waals surface area contributed by atoms with Crippen molar-refractivity contribution in [2.75, 3.05) is 30.3 Å². The van der Waals surface area contributed by atoms with E-state index in [1.165, 1.54) is 6.42 Å². The van der Waals surface area contributed by atoms with Crippen LogP contribution in [0.1, 0.15) is 43.5 Å². The van der Waals surface area contributed by atoms with Crippen molar-refractivity contribution in [3.63, 3.8) is 0 Å². The number of hydrogen-bond donors (Lipinski definition) is 2. The highest BCUT2D eigenvalue weighted by Gasteiger charge is 2.17. The number of benzene rings is 2. The van der Waals surface area contributed by atoms with Crippen molar-refractivity contribution in [2.24, 2.45) is 0 Å². The second-order valence-electron chi connectivity index (χ2n) is 7.53. The van der Waals surface area contributed by atoms with Gasteiger partial charge in [-0.3, -0.25) is 9.59 Å². The number of carbonyl (C=O) groups is 2. The van der Waals surface area contributed by atoms with E-state index in [0.717, 1.165) is 37.4 Å². The van der Waals surface area contributed by atoms with Gasteiger partial charge in [0.2, 0.25) is 5.91 Å². The molecule has 0 unspecified atom stereocenters. The Bertz CT molecular complexity index is 828. The quantitative estimate of drug-likeness (QED) is 0.739. The molecule has 0 radical (unpaired) electrons. The smallest absolute Gasteiger partial charge is 0.253 e. The second-order valence-corrected chi connectivity index (χ2v) is 7.53. The Balaban J connectivity index is 1.49. The molecule has 0 aromatic heterocycles. The zero-order valence-corrected chi connectivity index (χ0v) is 17.1. The highest BCUT2D eigenvalue weighted by atomic mass is 16.5. The lowest BCUT2D eigenvalue weighted by molar-refractivity contribution is -0.114. The molecule has 2 aromatic rings. The summed E-state index contributed by atoms with van der Waals surface area (Å²) < 4.78 is 5.64. The zero-order valence-electron chi connectivity index (χ0n) is 17.1. The maximum Gasteiger partial charge on any atom is 0.253 e. The van der Waals surface area contributed by atoms with Gasteiger partial charge < -0.3 is 20.3 Å². The third-order valence-electron chi connectivity index (χ3n) is 4.72. The highest BCUT2D eigenvalue weighted by Crippen LogP contribution is 2.19. The van der Waals surface area contributed by atoms with Gasteiger partial charge in [0, 0.05) is 36.1 Å². The molecule has 2 N–H and O–H groups in total. The Morgan fingerprint density at radius 2 is 1.72 bits per heavy atom. The average molecular weight is 396 g/mol. The number of hydrogen-bond acceptors (Lipinski definition) is 4. The summed E-state index contributed by atoms with van der Waals surface area (Å²) >= 11 is 0. The molecule has 3 rings (SSSR count). The Morgan fingerprint density at radius 1 is 1.00 bits per heavy atom. The number of nitrogens with zero attached hydrogens (tertiary/aromatic N) is 1. The number of amides is 2. The minimum atomic E-state index is -0.153. The maximum atomic E-state index is 12.5. The molecule has 2 amide bonds. The lowest BCUT2D eigenvalue weighted by atomic mass is 10.1.